The number of carbonyl (C=O) groups excluding carboxylic acids is 2. The van der Waals surface area contributed by atoms with Gasteiger partial charge >= 0.3 is 0 Å². The zero-order chi connectivity index (χ0) is 21.4. The number of methoxy groups -OCH3 is 1. The van der Waals surface area contributed by atoms with Crippen molar-refractivity contribution in [1.82, 2.24) is 4.90 Å². The molecule has 0 aliphatic heterocycles. The maximum Gasteiger partial charge on any atom is 0.244 e. The molecule has 2 aromatic carbocycles. The molecule has 0 aliphatic rings. The van der Waals surface area contributed by atoms with Gasteiger partial charge in [0.1, 0.15) is 5.75 Å². The second kappa shape index (κ2) is 10.5. The van der Waals surface area contributed by atoms with E-state index in [2.05, 4.69) is 5.32 Å². The maximum atomic E-state index is 13.7. The van der Waals surface area contributed by atoms with Gasteiger partial charge in [-0.3, -0.25) is 9.59 Å². The van der Waals surface area contributed by atoms with E-state index in [9.17, 15) is 22.8 Å². The number of amides is 2. The molecule has 0 heterocycles. The van der Waals surface area contributed by atoms with E-state index in [0.717, 1.165) is 17.7 Å². The molecule has 0 bridgehead atoms. The van der Waals surface area contributed by atoms with Gasteiger partial charge in [-0.1, -0.05) is 19.1 Å². The number of halogens is 3. The summed E-state index contributed by atoms with van der Waals surface area (Å²) < 4.78 is 45.1. The molecule has 29 heavy (non-hydrogen) atoms. The Bertz CT molecular complexity index is 857. The fraction of sp³-hybridized carbons (Fsp3) is 0.333. The van der Waals surface area contributed by atoms with Crippen LogP contribution in [0.4, 0.5) is 18.9 Å². The van der Waals surface area contributed by atoms with E-state index in [-0.39, 0.29) is 18.9 Å². The molecule has 0 radical (unpaired) electrons. The van der Waals surface area contributed by atoms with E-state index in [4.69, 9.17) is 4.74 Å². The van der Waals surface area contributed by atoms with E-state index in [1.54, 1.807) is 19.2 Å². The lowest BCUT2D eigenvalue weighted by atomic mass is 10.1. The second-order valence-electron chi connectivity index (χ2n) is 6.43. The molecule has 0 atom stereocenters. The Morgan fingerprint density at radius 2 is 1.72 bits per heavy atom. The molecule has 0 unspecified atom stereocenters. The second-order valence-corrected chi connectivity index (χ2v) is 6.43. The smallest absolute Gasteiger partial charge is 0.244 e. The highest BCUT2D eigenvalue weighted by Gasteiger charge is 2.19. The van der Waals surface area contributed by atoms with Gasteiger partial charge in [0.05, 0.1) is 19.3 Å². The molecule has 1 N–H and O–H groups in total. The molecule has 2 rings (SSSR count). The fourth-order valence-corrected chi connectivity index (χ4v) is 2.75. The highest BCUT2D eigenvalue weighted by molar-refractivity contribution is 5.94. The monoisotopic (exact) mass is 408 g/mol. The first-order chi connectivity index (χ1) is 13.8. The number of nitrogens with zero attached hydrogens (tertiary/aromatic N) is 1. The van der Waals surface area contributed by atoms with Crippen molar-refractivity contribution in [3.05, 3.63) is 59.4 Å². The Balaban J connectivity index is 1.96. The van der Waals surface area contributed by atoms with Crippen molar-refractivity contribution in [2.75, 3.05) is 25.5 Å². The van der Waals surface area contributed by atoms with Gasteiger partial charge in [-0.25, -0.2) is 13.2 Å². The summed E-state index contributed by atoms with van der Waals surface area (Å²) in [5, 5.41) is 2.18. The largest absolute Gasteiger partial charge is 0.497 e. The van der Waals surface area contributed by atoms with Gasteiger partial charge < -0.3 is 15.0 Å². The van der Waals surface area contributed by atoms with Crippen molar-refractivity contribution in [3.63, 3.8) is 0 Å². The number of benzene rings is 2. The molecular formula is C21H23F3N2O3. The SMILES string of the molecule is CCCN(CC(=O)Nc1ccc(F)c(F)c1F)C(=O)CCc1ccc(OC)cc1. The first kappa shape index (κ1) is 22.3. The zero-order valence-corrected chi connectivity index (χ0v) is 16.3. The van der Waals surface area contributed by atoms with Crippen LogP contribution in [0.1, 0.15) is 25.3 Å². The Morgan fingerprint density at radius 3 is 2.34 bits per heavy atom. The van der Waals surface area contributed by atoms with Crippen molar-refractivity contribution >= 4 is 17.5 Å². The molecule has 0 spiro atoms. The summed E-state index contributed by atoms with van der Waals surface area (Å²) >= 11 is 0. The summed E-state index contributed by atoms with van der Waals surface area (Å²) in [5.41, 5.74) is 0.472. The van der Waals surface area contributed by atoms with Gasteiger partial charge in [-0.05, 0) is 42.7 Å². The number of aryl methyl sites for hydroxylation is 1. The topological polar surface area (TPSA) is 58.6 Å². The minimum atomic E-state index is -1.66. The van der Waals surface area contributed by atoms with Crippen LogP contribution in [0.3, 0.4) is 0 Å². The van der Waals surface area contributed by atoms with Crippen LogP contribution in [0.25, 0.3) is 0 Å². The summed E-state index contributed by atoms with van der Waals surface area (Å²) in [6.45, 7) is 1.89. The summed E-state index contributed by atoms with van der Waals surface area (Å²) in [4.78, 5) is 26.1. The van der Waals surface area contributed by atoms with Crippen LogP contribution in [-0.2, 0) is 16.0 Å². The predicted molar refractivity (Wildman–Crippen MR) is 103 cm³/mol. The van der Waals surface area contributed by atoms with Gasteiger partial charge in [-0.2, -0.15) is 0 Å². The molecule has 0 saturated heterocycles. The number of ether oxygens (including phenoxy) is 1. The molecule has 0 saturated carbocycles. The van der Waals surface area contributed by atoms with E-state index in [1.807, 2.05) is 19.1 Å². The summed E-state index contributed by atoms with van der Waals surface area (Å²) in [6, 6.07) is 8.96. The van der Waals surface area contributed by atoms with Gasteiger partial charge in [0.25, 0.3) is 0 Å². The normalized spacial score (nSPS) is 10.5. The minimum absolute atomic E-state index is 0.194. The lowest BCUT2D eigenvalue weighted by Crippen LogP contribution is -2.38. The van der Waals surface area contributed by atoms with E-state index < -0.39 is 29.0 Å². The summed E-state index contributed by atoms with van der Waals surface area (Å²) in [5.74, 6) is -4.70. The lowest BCUT2D eigenvalue weighted by Gasteiger charge is -2.22. The quantitative estimate of drug-likeness (QED) is 0.640. The number of carbonyl (C=O) groups is 2. The van der Waals surface area contributed by atoms with Crippen LogP contribution < -0.4 is 10.1 Å². The molecule has 0 aromatic heterocycles. The summed E-state index contributed by atoms with van der Waals surface area (Å²) in [6.07, 6.45) is 1.31. The van der Waals surface area contributed by atoms with Crippen molar-refractivity contribution in [2.45, 2.75) is 26.2 Å². The number of rotatable bonds is 9. The highest BCUT2D eigenvalue weighted by Crippen LogP contribution is 2.19. The Labute approximate surface area is 167 Å². The third-order valence-electron chi connectivity index (χ3n) is 4.28. The molecule has 8 heteroatoms. The van der Waals surface area contributed by atoms with Crippen molar-refractivity contribution in [2.24, 2.45) is 0 Å². The van der Waals surface area contributed by atoms with Crippen molar-refractivity contribution < 1.29 is 27.5 Å². The zero-order valence-electron chi connectivity index (χ0n) is 16.3. The van der Waals surface area contributed by atoms with Crippen LogP contribution in [-0.4, -0.2) is 36.9 Å². The predicted octanol–water partition coefficient (Wildman–Crippen LogP) is 3.92. The maximum absolute atomic E-state index is 13.7. The number of hydrogen-bond acceptors (Lipinski definition) is 3. The van der Waals surface area contributed by atoms with Crippen LogP contribution in [0.2, 0.25) is 0 Å². The number of nitrogens with one attached hydrogen (secondary N) is 1. The minimum Gasteiger partial charge on any atom is -0.497 e. The molecule has 0 aliphatic carbocycles. The molecule has 5 nitrogen and oxygen atoms in total. The van der Waals surface area contributed by atoms with Gasteiger partial charge in [-0.15, -0.1) is 0 Å². The third-order valence-corrected chi connectivity index (χ3v) is 4.28. The molecule has 0 fully saturated rings. The van der Waals surface area contributed by atoms with Gasteiger partial charge in [0, 0.05) is 13.0 Å². The fourth-order valence-electron chi connectivity index (χ4n) is 2.75. The third kappa shape index (κ3) is 6.23. The molecule has 2 amide bonds. The standard InChI is InChI=1S/C21H23F3N2O3/c1-3-12-26(19(28)11-6-14-4-7-15(29-2)8-5-14)13-18(27)25-17-10-9-16(22)20(23)21(17)24/h4-5,7-10H,3,6,11-13H2,1-2H3,(H,25,27). The highest BCUT2D eigenvalue weighted by atomic mass is 19.2. The van der Waals surface area contributed by atoms with Crippen molar-refractivity contribution in [1.29, 1.82) is 0 Å². The Hall–Kier alpha value is -3.03. The first-order valence-electron chi connectivity index (χ1n) is 9.19. The molecular weight excluding hydrogens is 385 g/mol. The average molecular weight is 408 g/mol. The Morgan fingerprint density at radius 1 is 1.03 bits per heavy atom. The van der Waals surface area contributed by atoms with Crippen LogP contribution in [0, 0.1) is 17.5 Å². The van der Waals surface area contributed by atoms with E-state index in [0.29, 0.717) is 25.1 Å². The number of anilines is 1. The van der Waals surface area contributed by atoms with Crippen LogP contribution in [0.5, 0.6) is 5.75 Å². The van der Waals surface area contributed by atoms with Gasteiger partial charge in [0.15, 0.2) is 17.5 Å². The lowest BCUT2D eigenvalue weighted by molar-refractivity contribution is -0.134. The summed E-state index contributed by atoms with van der Waals surface area (Å²) in [7, 11) is 1.57. The Kier molecular flexibility index (Phi) is 8.06. The van der Waals surface area contributed by atoms with E-state index >= 15 is 0 Å². The molecule has 2 aromatic rings. The first-order valence-corrected chi connectivity index (χ1v) is 9.19. The van der Waals surface area contributed by atoms with Crippen LogP contribution >= 0.6 is 0 Å². The van der Waals surface area contributed by atoms with Gasteiger partial charge in [0.2, 0.25) is 11.8 Å². The average Bonchev–Trinajstić information content (AvgIpc) is 2.72. The van der Waals surface area contributed by atoms with Crippen molar-refractivity contribution in [3.8, 4) is 5.75 Å². The van der Waals surface area contributed by atoms with E-state index in [1.165, 1.54) is 4.90 Å². The van der Waals surface area contributed by atoms with Crippen LogP contribution in [0.15, 0.2) is 36.4 Å². The number of hydrogen-bond donors (Lipinski definition) is 1. The molecule has 156 valence electrons.